The van der Waals surface area contributed by atoms with Gasteiger partial charge in [-0.15, -0.1) is 11.8 Å². The van der Waals surface area contributed by atoms with Crippen molar-refractivity contribution in [1.82, 2.24) is 15.5 Å². The van der Waals surface area contributed by atoms with Gasteiger partial charge in [0, 0.05) is 41.3 Å². The van der Waals surface area contributed by atoms with Gasteiger partial charge in [-0.05, 0) is 31.4 Å². The molecule has 34 heavy (non-hydrogen) atoms. The summed E-state index contributed by atoms with van der Waals surface area (Å²) in [4.78, 5) is 39.9. The molecule has 3 aliphatic rings. The van der Waals surface area contributed by atoms with Gasteiger partial charge in [0.05, 0.1) is 31.9 Å². The molecule has 1 aromatic carbocycles. The first kappa shape index (κ1) is 24.4. The number of amides is 3. The van der Waals surface area contributed by atoms with Crippen LogP contribution in [0.15, 0.2) is 22.7 Å². The fourth-order valence-electron chi connectivity index (χ4n) is 5.15. The standard InChI is InChI=1S/C24H32N4O5S/c1-12-17-10-19(29)28(17)13(2)22(12)34-15-9-16(27-11-15)24(31)26-8-7-14-5-6-18(32-3)21(33-4)20(14)23(25)30/h5-6,12,15-17,27H,7-11H2,1-4H3,(H2,25,30)(H,26,31). The van der Waals surface area contributed by atoms with Crippen LogP contribution in [-0.2, 0) is 16.0 Å². The third-order valence-corrected chi connectivity index (χ3v) is 8.58. The molecule has 0 aromatic heterocycles. The van der Waals surface area contributed by atoms with Crippen molar-refractivity contribution >= 4 is 29.5 Å². The van der Waals surface area contributed by atoms with E-state index in [0.29, 0.717) is 48.4 Å². The van der Waals surface area contributed by atoms with E-state index in [1.807, 2.05) is 11.8 Å². The first-order valence-corrected chi connectivity index (χ1v) is 12.4. The zero-order valence-corrected chi connectivity index (χ0v) is 20.8. The summed E-state index contributed by atoms with van der Waals surface area (Å²) in [6, 6.07) is 3.53. The summed E-state index contributed by atoms with van der Waals surface area (Å²) in [7, 11) is 2.95. The minimum atomic E-state index is -0.605. The molecule has 3 heterocycles. The number of carbonyl (C=O) groups is 3. The number of nitrogens with one attached hydrogen (secondary N) is 2. The van der Waals surface area contributed by atoms with Crippen LogP contribution in [0.3, 0.4) is 0 Å². The van der Waals surface area contributed by atoms with E-state index >= 15 is 0 Å². The van der Waals surface area contributed by atoms with Crippen LogP contribution in [0.5, 0.6) is 11.5 Å². The highest BCUT2D eigenvalue weighted by atomic mass is 32.2. The quantitative estimate of drug-likeness (QED) is 0.449. The highest BCUT2D eigenvalue weighted by molar-refractivity contribution is 8.03. The van der Waals surface area contributed by atoms with Crippen LogP contribution in [0.25, 0.3) is 0 Å². The van der Waals surface area contributed by atoms with Crippen LogP contribution < -0.4 is 25.8 Å². The molecule has 2 saturated heterocycles. The molecule has 3 aliphatic heterocycles. The molecule has 1 aromatic rings. The fourth-order valence-corrected chi connectivity index (χ4v) is 6.62. The van der Waals surface area contributed by atoms with Gasteiger partial charge in [0.2, 0.25) is 11.8 Å². The average Bonchev–Trinajstić information content (AvgIpc) is 3.34. The number of β-lactam (4-membered cyclic amide) rings is 1. The number of hydrogen-bond donors (Lipinski definition) is 3. The average molecular weight is 489 g/mol. The Bertz CT molecular complexity index is 1040. The van der Waals surface area contributed by atoms with E-state index < -0.39 is 5.91 Å². The van der Waals surface area contributed by atoms with Gasteiger partial charge >= 0.3 is 0 Å². The normalized spacial score (nSPS) is 25.8. The summed E-state index contributed by atoms with van der Waals surface area (Å²) in [6.07, 6.45) is 1.79. The summed E-state index contributed by atoms with van der Waals surface area (Å²) < 4.78 is 10.6. The van der Waals surface area contributed by atoms with E-state index in [-0.39, 0.29) is 28.7 Å². The number of fused-ring (bicyclic) bond motifs is 1. The van der Waals surface area contributed by atoms with Gasteiger partial charge in [0.1, 0.15) is 0 Å². The van der Waals surface area contributed by atoms with Crippen LogP contribution in [0.2, 0.25) is 0 Å². The fraction of sp³-hybridized carbons (Fsp3) is 0.542. The molecular weight excluding hydrogens is 456 g/mol. The van der Waals surface area contributed by atoms with Gasteiger partial charge in [0.15, 0.2) is 11.5 Å². The smallest absolute Gasteiger partial charge is 0.252 e. The van der Waals surface area contributed by atoms with Crippen molar-refractivity contribution in [3.63, 3.8) is 0 Å². The highest BCUT2D eigenvalue weighted by Crippen LogP contribution is 2.48. The van der Waals surface area contributed by atoms with E-state index in [1.54, 1.807) is 23.9 Å². The number of carbonyl (C=O) groups excluding carboxylic acids is 3. The molecule has 184 valence electrons. The van der Waals surface area contributed by atoms with Crippen molar-refractivity contribution < 1.29 is 23.9 Å². The van der Waals surface area contributed by atoms with Gasteiger partial charge in [-0.1, -0.05) is 13.0 Å². The third kappa shape index (κ3) is 4.36. The van der Waals surface area contributed by atoms with Crippen LogP contribution in [0, 0.1) is 5.92 Å². The predicted molar refractivity (Wildman–Crippen MR) is 130 cm³/mol. The second kappa shape index (κ2) is 9.87. The maximum Gasteiger partial charge on any atom is 0.252 e. The molecule has 2 fully saturated rings. The summed E-state index contributed by atoms with van der Waals surface area (Å²) in [5.74, 6) is 0.629. The minimum Gasteiger partial charge on any atom is -0.493 e. The van der Waals surface area contributed by atoms with Gasteiger partial charge in [-0.25, -0.2) is 0 Å². The third-order valence-electron chi connectivity index (χ3n) is 6.97. The molecule has 3 amide bonds. The van der Waals surface area contributed by atoms with Gasteiger partial charge < -0.3 is 30.7 Å². The second-order valence-corrected chi connectivity index (χ2v) is 10.3. The van der Waals surface area contributed by atoms with Gasteiger partial charge in [-0.2, -0.15) is 0 Å². The summed E-state index contributed by atoms with van der Waals surface area (Å²) in [6.45, 7) is 5.32. The topological polar surface area (TPSA) is 123 Å². The van der Waals surface area contributed by atoms with Crippen molar-refractivity contribution in [1.29, 1.82) is 0 Å². The molecule has 9 nitrogen and oxygen atoms in total. The van der Waals surface area contributed by atoms with Gasteiger partial charge in [-0.3, -0.25) is 14.4 Å². The van der Waals surface area contributed by atoms with Crippen molar-refractivity contribution in [3.05, 3.63) is 33.9 Å². The van der Waals surface area contributed by atoms with E-state index in [4.69, 9.17) is 15.2 Å². The lowest BCUT2D eigenvalue weighted by atomic mass is 9.94. The van der Waals surface area contributed by atoms with Gasteiger partial charge in [0.25, 0.3) is 5.91 Å². The van der Waals surface area contributed by atoms with Crippen molar-refractivity contribution in [2.75, 3.05) is 27.3 Å². The Balaban J connectivity index is 1.31. The Kier molecular flexibility index (Phi) is 7.09. The molecule has 4 rings (SSSR count). The number of ether oxygens (including phenoxy) is 2. The molecular formula is C24H32N4O5S. The first-order valence-electron chi connectivity index (χ1n) is 11.5. The number of rotatable bonds is 9. The summed E-state index contributed by atoms with van der Waals surface area (Å²) in [5, 5.41) is 6.57. The predicted octanol–water partition coefficient (Wildman–Crippen LogP) is 1.41. The number of methoxy groups -OCH3 is 2. The second-order valence-electron chi connectivity index (χ2n) is 8.95. The van der Waals surface area contributed by atoms with E-state index in [9.17, 15) is 14.4 Å². The number of hydrogen-bond acceptors (Lipinski definition) is 7. The summed E-state index contributed by atoms with van der Waals surface area (Å²) in [5.41, 5.74) is 7.61. The van der Waals surface area contributed by atoms with Crippen LogP contribution in [0.1, 0.15) is 42.6 Å². The molecule has 0 aliphatic carbocycles. The molecule has 4 atom stereocenters. The largest absolute Gasteiger partial charge is 0.493 e. The minimum absolute atomic E-state index is 0.0617. The molecule has 0 bridgehead atoms. The zero-order chi connectivity index (χ0) is 24.6. The molecule has 0 saturated carbocycles. The lowest BCUT2D eigenvalue weighted by Gasteiger charge is -2.37. The van der Waals surface area contributed by atoms with Crippen LogP contribution >= 0.6 is 11.8 Å². The lowest BCUT2D eigenvalue weighted by Crippen LogP contribution is -2.50. The number of benzene rings is 1. The molecule has 10 heteroatoms. The molecule has 4 N–H and O–H groups in total. The maximum atomic E-state index is 12.8. The van der Waals surface area contributed by atoms with Crippen LogP contribution in [-0.4, -0.2) is 67.3 Å². The summed E-state index contributed by atoms with van der Waals surface area (Å²) >= 11 is 1.80. The monoisotopic (exact) mass is 488 g/mol. The lowest BCUT2D eigenvalue weighted by molar-refractivity contribution is -0.142. The number of nitrogens with zero attached hydrogens (tertiary/aromatic N) is 1. The molecule has 0 spiro atoms. The first-order chi connectivity index (χ1) is 16.3. The van der Waals surface area contributed by atoms with Crippen molar-refractivity contribution in [2.24, 2.45) is 11.7 Å². The highest BCUT2D eigenvalue weighted by Gasteiger charge is 2.48. The van der Waals surface area contributed by atoms with E-state index in [0.717, 1.165) is 18.7 Å². The SMILES string of the molecule is COc1ccc(CCNC(=O)C2CC(SC3=C(C)N4C(=O)CC4C3C)CN2)c(C(N)=O)c1OC. The van der Waals surface area contributed by atoms with Crippen molar-refractivity contribution in [2.45, 2.75) is 50.4 Å². The van der Waals surface area contributed by atoms with Crippen LogP contribution in [0.4, 0.5) is 0 Å². The molecule has 0 radical (unpaired) electrons. The Labute approximate surface area is 203 Å². The van der Waals surface area contributed by atoms with E-state index in [2.05, 4.69) is 17.6 Å². The number of thioether (sulfide) groups is 1. The number of primary amides is 1. The number of allylic oxidation sites excluding steroid dienone is 1. The van der Waals surface area contributed by atoms with E-state index in [1.165, 1.54) is 19.1 Å². The van der Waals surface area contributed by atoms with Crippen molar-refractivity contribution in [3.8, 4) is 11.5 Å². The Morgan fingerprint density at radius 2 is 2.06 bits per heavy atom. The Morgan fingerprint density at radius 3 is 2.68 bits per heavy atom. The number of nitrogens with two attached hydrogens (primary N) is 1. The Morgan fingerprint density at radius 1 is 1.29 bits per heavy atom. The Hall–Kier alpha value is -2.72. The molecule has 4 unspecified atom stereocenters. The maximum absolute atomic E-state index is 12.8. The zero-order valence-electron chi connectivity index (χ0n) is 20.0.